The largest absolute Gasteiger partial charge is 0.417 e. The number of benzene rings is 2. The summed E-state index contributed by atoms with van der Waals surface area (Å²) in [5.41, 5.74) is 1.45. The molecule has 0 radical (unpaired) electrons. The fraction of sp³-hybridized carbons (Fsp3) is 0.227. The van der Waals surface area contributed by atoms with Gasteiger partial charge in [-0.2, -0.15) is 0 Å². The van der Waals surface area contributed by atoms with Crippen LogP contribution < -0.4 is 10.1 Å². The molecule has 0 aromatic heterocycles. The molecule has 4 rings (SSSR count). The van der Waals surface area contributed by atoms with Crippen molar-refractivity contribution in [3.63, 3.8) is 0 Å². The summed E-state index contributed by atoms with van der Waals surface area (Å²) in [7, 11) is 0. The van der Waals surface area contributed by atoms with E-state index in [4.69, 9.17) is 21.7 Å². The molecule has 2 aromatic rings. The quantitative estimate of drug-likeness (QED) is 0.419. The van der Waals surface area contributed by atoms with Crippen LogP contribution >= 0.6 is 39.9 Å². The van der Waals surface area contributed by atoms with Gasteiger partial charge in [0.05, 0.1) is 17.6 Å². The molecule has 0 bridgehead atoms. The molecule has 2 heterocycles. The lowest BCUT2D eigenvalue weighted by Crippen LogP contribution is -2.35. The number of amides is 2. The van der Waals surface area contributed by atoms with Crippen molar-refractivity contribution >= 4 is 68.0 Å². The minimum absolute atomic E-state index is 0.0573. The summed E-state index contributed by atoms with van der Waals surface area (Å²) >= 11 is 10.0. The van der Waals surface area contributed by atoms with Crippen LogP contribution in [0.15, 0.2) is 57.9 Å². The number of thiocarbonyl (C=S) groups is 1. The predicted octanol–water partition coefficient (Wildman–Crippen LogP) is 5.44. The van der Waals surface area contributed by atoms with Crippen molar-refractivity contribution in [1.29, 1.82) is 0 Å². The van der Waals surface area contributed by atoms with Crippen molar-refractivity contribution in [2.75, 3.05) is 18.5 Å². The number of halogens is 1. The molecule has 160 valence electrons. The third-order valence-corrected chi connectivity index (χ3v) is 6.67. The fourth-order valence-electron chi connectivity index (χ4n) is 3.22. The highest BCUT2D eigenvalue weighted by Crippen LogP contribution is 2.33. The molecule has 1 N–H and O–H groups in total. The van der Waals surface area contributed by atoms with Crippen molar-refractivity contribution in [1.82, 2.24) is 4.90 Å². The number of hydrogen-bond acceptors (Lipinski definition) is 6. The maximum atomic E-state index is 12.7. The van der Waals surface area contributed by atoms with Crippen LogP contribution in [0.1, 0.15) is 18.4 Å². The van der Waals surface area contributed by atoms with Crippen molar-refractivity contribution in [3.05, 3.63) is 63.5 Å². The molecule has 0 spiro atoms. The number of nitrogens with one attached hydrogen (secondary N) is 1. The molecule has 6 nitrogen and oxygen atoms in total. The number of carbonyl (C=O) groups is 2. The number of carbonyl (C=O) groups excluding carboxylic acids is 2. The fourth-order valence-corrected chi connectivity index (χ4v) is 4.76. The van der Waals surface area contributed by atoms with E-state index in [1.165, 1.54) is 11.8 Å². The molecule has 2 amide bonds. The van der Waals surface area contributed by atoms with Gasteiger partial charge >= 0.3 is 6.09 Å². The molecule has 2 saturated heterocycles. The summed E-state index contributed by atoms with van der Waals surface area (Å²) in [6.07, 6.45) is 3.24. The Morgan fingerprint density at radius 2 is 2.00 bits per heavy atom. The second kappa shape index (κ2) is 9.95. The highest BCUT2D eigenvalue weighted by Gasteiger charge is 2.34. The Labute approximate surface area is 198 Å². The average Bonchev–Trinajstić information content (AvgIpc) is 3.35. The van der Waals surface area contributed by atoms with E-state index >= 15 is 0 Å². The molecule has 0 unspecified atom stereocenters. The van der Waals surface area contributed by atoms with Crippen molar-refractivity contribution in [2.45, 2.75) is 18.9 Å². The van der Waals surface area contributed by atoms with Gasteiger partial charge in [-0.05, 0) is 60.9 Å². The van der Waals surface area contributed by atoms with E-state index in [1.54, 1.807) is 47.4 Å². The van der Waals surface area contributed by atoms with Gasteiger partial charge in [0.15, 0.2) is 0 Å². The molecule has 2 aliphatic heterocycles. The van der Waals surface area contributed by atoms with Crippen molar-refractivity contribution in [2.24, 2.45) is 0 Å². The van der Waals surface area contributed by atoms with Crippen LogP contribution in [0.25, 0.3) is 6.08 Å². The maximum absolute atomic E-state index is 12.7. The minimum atomic E-state index is -0.579. The van der Waals surface area contributed by atoms with Crippen molar-refractivity contribution < 1.29 is 19.1 Å². The molecule has 2 aromatic carbocycles. The Morgan fingerprint density at radius 1 is 1.26 bits per heavy atom. The van der Waals surface area contributed by atoms with E-state index in [2.05, 4.69) is 21.2 Å². The Kier molecular flexibility index (Phi) is 7.06. The number of nitrogens with zero attached hydrogens (tertiary/aromatic N) is 1. The van der Waals surface area contributed by atoms with Gasteiger partial charge in [-0.25, -0.2) is 4.79 Å². The van der Waals surface area contributed by atoms with Gasteiger partial charge in [0, 0.05) is 16.8 Å². The van der Waals surface area contributed by atoms with E-state index in [0.717, 1.165) is 29.5 Å². The van der Waals surface area contributed by atoms with Crippen LogP contribution in [-0.4, -0.2) is 40.5 Å². The molecular weight excluding hydrogens is 500 g/mol. The Hall–Kier alpha value is -2.20. The Morgan fingerprint density at radius 3 is 2.68 bits per heavy atom. The lowest BCUT2D eigenvalue weighted by atomic mass is 10.2. The normalized spacial score (nSPS) is 19.8. The highest BCUT2D eigenvalue weighted by molar-refractivity contribution is 9.10. The van der Waals surface area contributed by atoms with Crippen LogP contribution in [0.4, 0.5) is 10.5 Å². The zero-order chi connectivity index (χ0) is 21.8. The molecule has 2 aliphatic rings. The molecule has 1 atom stereocenters. The second-order valence-corrected chi connectivity index (χ2v) is 9.61. The SMILES string of the molecule is O=C(Nc1ccc(Br)cc1)Oc1ccc(/C=C2/SC(=S)N(C[C@@H]3CCCO3)C2=O)cc1. The Balaban J connectivity index is 1.35. The summed E-state index contributed by atoms with van der Waals surface area (Å²) < 4.78 is 12.4. The molecule has 9 heteroatoms. The average molecular weight is 519 g/mol. The topological polar surface area (TPSA) is 67.9 Å². The van der Waals surface area contributed by atoms with Crippen LogP contribution in [0.3, 0.4) is 0 Å². The molecule has 31 heavy (non-hydrogen) atoms. The zero-order valence-corrected chi connectivity index (χ0v) is 19.6. The number of thioether (sulfide) groups is 1. The third kappa shape index (κ3) is 5.74. The van der Waals surface area contributed by atoms with Crippen molar-refractivity contribution in [3.8, 4) is 5.75 Å². The first kappa shape index (κ1) is 22.0. The second-order valence-electron chi connectivity index (χ2n) is 7.02. The van der Waals surface area contributed by atoms with E-state index in [1.807, 2.05) is 12.1 Å². The summed E-state index contributed by atoms with van der Waals surface area (Å²) in [5, 5.41) is 2.66. The van der Waals surface area contributed by atoms with E-state index < -0.39 is 6.09 Å². The number of ether oxygens (including phenoxy) is 2. The van der Waals surface area contributed by atoms with E-state index in [0.29, 0.717) is 27.2 Å². The van der Waals surface area contributed by atoms with E-state index in [9.17, 15) is 9.59 Å². The summed E-state index contributed by atoms with van der Waals surface area (Å²) in [5.74, 6) is 0.303. The summed E-state index contributed by atoms with van der Waals surface area (Å²) in [6, 6.07) is 14.1. The zero-order valence-electron chi connectivity index (χ0n) is 16.4. The summed E-state index contributed by atoms with van der Waals surface area (Å²) in [4.78, 5) is 27.0. The maximum Gasteiger partial charge on any atom is 0.417 e. The lowest BCUT2D eigenvalue weighted by Gasteiger charge is -2.18. The highest BCUT2D eigenvalue weighted by atomic mass is 79.9. The van der Waals surface area contributed by atoms with Gasteiger partial charge in [0.25, 0.3) is 5.91 Å². The third-order valence-electron chi connectivity index (χ3n) is 4.76. The molecule has 0 saturated carbocycles. The first-order valence-corrected chi connectivity index (χ1v) is 11.7. The monoisotopic (exact) mass is 518 g/mol. The number of hydrogen-bond donors (Lipinski definition) is 1. The molecule has 0 aliphatic carbocycles. The van der Waals surface area contributed by atoms with Crippen LogP contribution in [0.5, 0.6) is 5.75 Å². The van der Waals surface area contributed by atoms with Gasteiger partial charge in [0.1, 0.15) is 10.1 Å². The Bertz CT molecular complexity index is 1020. The number of anilines is 1. The summed E-state index contributed by atoms with van der Waals surface area (Å²) in [6.45, 7) is 1.24. The lowest BCUT2D eigenvalue weighted by molar-refractivity contribution is -0.123. The molecule has 2 fully saturated rings. The first-order valence-electron chi connectivity index (χ1n) is 9.69. The van der Waals surface area contributed by atoms with Gasteiger partial charge in [0.2, 0.25) is 0 Å². The first-order chi connectivity index (χ1) is 15.0. The number of rotatable bonds is 5. The smallest absolute Gasteiger partial charge is 0.410 e. The predicted molar refractivity (Wildman–Crippen MR) is 129 cm³/mol. The van der Waals surface area contributed by atoms with Gasteiger partial charge in [-0.15, -0.1) is 0 Å². The van der Waals surface area contributed by atoms with Gasteiger partial charge in [-0.3, -0.25) is 15.0 Å². The van der Waals surface area contributed by atoms with Crippen LogP contribution in [0, 0.1) is 0 Å². The standard InChI is InChI=1S/C22H19BrN2O4S2/c23-15-5-7-16(8-6-15)24-21(27)29-17-9-3-14(4-10-17)12-19-20(26)25(22(30)31-19)13-18-2-1-11-28-18/h3-10,12,18H,1-2,11,13H2,(H,24,27)/b19-12+/t18-/m0/s1. The van der Waals surface area contributed by atoms with Crippen LogP contribution in [-0.2, 0) is 9.53 Å². The van der Waals surface area contributed by atoms with Gasteiger partial charge in [-0.1, -0.05) is 52.0 Å². The van der Waals surface area contributed by atoms with Gasteiger partial charge < -0.3 is 9.47 Å². The molecular formula is C22H19BrN2O4S2. The van der Waals surface area contributed by atoms with E-state index in [-0.39, 0.29) is 12.0 Å². The minimum Gasteiger partial charge on any atom is -0.410 e. The van der Waals surface area contributed by atoms with Crippen LogP contribution in [0.2, 0.25) is 0 Å².